The Labute approximate surface area is 178 Å². The lowest BCUT2D eigenvalue weighted by Crippen LogP contribution is -2.49. The van der Waals surface area contributed by atoms with Crippen molar-refractivity contribution in [2.45, 2.75) is 30.1 Å². The average Bonchev–Trinajstić information content (AvgIpc) is 2.78. The number of carbonyl (C=O) groups is 1. The van der Waals surface area contributed by atoms with Crippen LogP contribution in [-0.2, 0) is 25.0 Å². The Hall–Kier alpha value is -2.64. The van der Waals surface area contributed by atoms with Gasteiger partial charge in [0.1, 0.15) is 17.3 Å². The molecule has 0 spiro atoms. The van der Waals surface area contributed by atoms with E-state index in [1.165, 1.54) is 17.5 Å². The summed E-state index contributed by atoms with van der Waals surface area (Å²) in [5, 5.41) is 0. The first-order valence-corrected chi connectivity index (χ1v) is 11.3. The molecule has 1 heterocycles. The number of benzene rings is 2. The van der Waals surface area contributed by atoms with Crippen LogP contribution in [0, 0.1) is 0 Å². The summed E-state index contributed by atoms with van der Waals surface area (Å²) in [7, 11) is -2.30. The van der Waals surface area contributed by atoms with Crippen LogP contribution in [0.25, 0.3) is 0 Å². The van der Waals surface area contributed by atoms with E-state index in [1.807, 2.05) is 30.3 Å². The lowest BCUT2D eigenvalue weighted by molar-refractivity contribution is -0.151. The first-order valence-electron chi connectivity index (χ1n) is 9.81. The van der Waals surface area contributed by atoms with Crippen molar-refractivity contribution in [2.75, 3.05) is 26.8 Å². The number of hydrogen-bond acceptors (Lipinski definition) is 5. The summed E-state index contributed by atoms with van der Waals surface area (Å²) < 4.78 is 38.6. The van der Waals surface area contributed by atoms with E-state index in [0.717, 1.165) is 11.1 Å². The molecule has 0 atom stereocenters. The highest BCUT2D eigenvalue weighted by Gasteiger charge is 2.46. The van der Waals surface area contributed by atoms with Crippen LogP contribution in [0.4, 0.5) is 0 Å². The first kappa shape index (κ1) is 22.1. The van der Waals surface area contributed by atoms with E-state index >= 15 is 0 Å². The molecule has 1 fully saturated rings. The zero-order valence-electron chi connectivity index (χ0n) is 17.3. The number of para-hydroxylation sites is 1. The third-order valence-corrected chi connectivity index (χ3v) is 7.37. The lowest BCUT2D eigenvalue weighted by atomic mass is 9.73. The van der Waals surface area contributed by atoms with Crippen LogP contribution in [-0.4, -0.2) is 45.5 Å². The fraction of sp³-hybridized carbons (Fsp3) is 0.348. The number of methoxy groups -OCH3 is 1. The molecule has 0 saturated carbocycles. The molecule has 3 rings (SSSR count). The highest BCUT2D eigenvalue weighted by atomic mass is 32.2. The summed E-state index contributed by atoms with van der Waals surface area (Å²) in [6.07, 6.45) is 0.667. The molecule has 1 aliphatic rings. The molecule has 0 aromatic heterocycles. The van der Waals surface area contributed by atoms with Crippen LogP contribution in [0.1, 0.15) is 25.3 Å². The van der Waals surface area contributed by atoms with Crippen molar-refractivity contribution in [2.24, 2.45) is 0 Å². The highest BCUT2D eigenvalue weighted by molar-refractivity contribution is 7.89. The van der Waals surface area contributed by atoms with Crippen molar-refractivity contribution in [3.63, 3.8) is 0 Å². The Morgan fingerprint density at radius 2 is 1.67 bits per heavy atom. The molecule has 1 aliphatic heterocycles. The van der Waals surface area contributed by atoms with E-state index in [2.05, 4.69) is 6.58 Å². The molecule has 0 radical (unpaired) electrons. The molecule has 0 amide bonds. The van der Waals surface area contributed by atoms with Crippen LogP contribution in [0.2, 0.25) is 0 Å². The third-order valence-electron chi connectivity index (χ3n) is 5.43. The van der Waals surface area contributed by atoms with Crippen molar-refractivity contribution < 1.29 is 22.7 Å². The maximum Gasteiger partial charge on any atom is 0.316 e. The minimum atomic E-state index is -3.75. The van der Waals surface area contributed by atoms with Gasteiger partial charge >= 0.3 is 5.97 Å². The van der Waals surface area contributed by atoms with Gasteiger partial charge in [0.25, 0.3) is 0 Å². The number of carbonyl (C=O) groups excluding carboxylic acids is 1. The number of ether oxygens (including phenoxy) is 2. The zero-order valence-corrected chi connectivity index (χ0v) is 18.2. The van der Waals surface area contributed by atoms with Crippen LogP contribution in [0.3, 0.4) is 0 Å². The first-order chi connectivity index (χ1) is 14.3. The highest BCUT2D eigenvalue weighted by Crippen LogP contribution is 2.39. The van der Waals surface area contributed by atoms with E-state index < -0.39 is 15.4 Å². The van der Waals surface area contributed by atoms with Crippen molar-refractivity contribution in [1.29, 1.82) is 0 Å². The summed E-state index contributed by atoms with van der Waals surface area (Å²) in [5.74, 6) is -0.0377. The van der Waals surface area contributed by atoms with Gasteiger partial charge in [-0.05, 0) is 43.0 Å². The predicted octanol–water partition coefficient (Wildman–Crippen LogP) is 3.54. The number of nitrogens with zero attached hydrogens (tertiary/aromatic N) is 1. The number of piperidine rings is 1. The Morgan fingerprint density at radius 3 is 2.27 bits per heavy atom. The van der Waals surface area contributed by atoms with E-state index in [0.29, 0.717) is 18.6 Å². The Bertz CT molecular complexity index is 1010. The van der Waals surface area contributed by atoms with Gasteiger partial charge in [0, 0.05) is 13.1 Å². The monoisotopic (exact) mass is 429 g/mol. The SMILES string of the molecule is C=C(C)COC(=O)C1(c2ccccc2)CCN(S(=O)(=O)c2ccccc2OC)CC1. The lowest BCUT2D eigenvalue weighted by Gasteiger charge is -2.39. The smallest absolute Gasteiger partial charge is 0.316 e. The molecule has 2 aromatic carbocycles. The molecule has 30 heavy (non-hydrogen) atoms. The van der Waals surface area contributed by atoms with Crippen LogP contribution in [0.5, 0.6) is 5.75 Å². The number of sulfonamides is 1. The van der Waals surface area contributed by atoms with Gasteiger partial charge in [-0.1, -0.05) is 49.0 Å². The molecule has 0 N–H and O–H groups in total. The molecule has 1 saturated heterocycles. The summed E-state index contributed by atoms with van der Waals surface area (Å²) in [6.45, 7) is 6.14. The number of esters is 1. The maximum absolute atomic E-state index is 13.2. The van der Waals surface area contributed by atoms with Crippen LogP contribution in [0.15, 0.2) is 71.6 Å². The largest absolute Gasteiger partial charge is 0.495 e. The molecule has 2 aromatic rings. The number of hydrogen-bond donors (Lipinski definition) is 0. The summed E-state index contributed by atoms with van der Waals surface area (Å²) in [6, 6.07) is 16.0. The van der Waals surface area contributed by atoms with Gasteiger partial charge in [0.2, 0.25) is 10.0 Å². The minimum Gasteiger partial charge on any atom is -0.495 e. The average molecular weight is 430 g/mol. The van der Waals surface area contributed by atoms with Gasteiger partial charge in [-0.3, -0.25) is 4.79 Å². The topological polar surface area (TPSA) is 72.9 Å². The van der Waals surface area contributed by atoms with Crippen molar-refractivity contribution in [1.82, 2.24) is 4.31 Å². The van der Waals surface area contributed by atoms with Gasteiger partial charge in [0.05, 0.1) is 12.5 Å². The van der Waals surface area contributed by atoms with Gasteiger partial charge in [-0.25, -0.2) is 8.42 Å². The molecule has 6 nitrogen and oxygen atoms in total. The third kappa shape index (κ3) is 4.27. The minimum absolute atomic E-state index is 0.129. The molecule has 160 valence electrons. The van der Waals surface area contributed by atoms with Crippen LogP contribution < -0.4 is 4.74 Å². The van der Waals surface area contributed by atoms with Gasteiger partial charge < -0.3 is 9.47 Å². The summed E-state index contributed by atoms with van der Waals surface area (Å²) >= 11 is 0. The van der Waals surface area contributed by atoms with Crippen molar-refractivity contribution in [3.05, 3.63) is 72.3 Å². The second kappa shape index (κ2) is 9.02. The Kier molecular flexibility index (Phi) is 6.63. The normalized spacial score (nSPS) is 16.6. The molecule has 0 bridgehead atoms. The standard InChI is InChI=1S/C23H27NO5S/c1-18(2)17-29-22(25)23(19-9-5-4-6-10-19)13-15-24(16-14-23)30(26,27)21-12-8-7-11-20(21)28-3/h4-12H,1,13-17H2,2-3H3. The molecule has 0 aliphatic carbocycles. The summed E-state index contributed by atoms with van der Waals surface area (Å²) in [5.41, 5.74) is 0.706. The molecular weight excluding hydrogens is 402 g/mol. The fourth-order valence-electron chi connectivity index (χ4n) is 3.77. The second-order valence-corrected chi connectivity index (χ2v) is 9.44. The predicted molar refractivity (Wildman–Crippen MR) is 115 cm³/mol. The Balaban J connectivity index is 1.88. The Morgan fingerprint density at radius 1 is 1.07 bits per heavy atom. The van der Waals surface area contributed by atoms with Gasteiger partial charge in [0.15, 0.2) is 0 Å². The molecular formula is C23H27NO5S. The van der Waals surface area contributed by atoms with Crippen molar-refractivity contribution in [3.8, 4) is 5.75 Å². The van der Waals surface area contributed by atoms with Gasteiger partial charge in [-0.15, -0.1) is 0 Å². The second-order valence-electron chi connectivity index (χ2n) is 7.54. The maximum atomic E-state index is 13.2. The van der Waals surface area contributed by atoms with E-state index in [1.54, 1.807) is 25.1 Å². The van der Waals surface area contributed by atoms with E-state index in [4.69, 9.17) is 9.47 Å². The number of rotatable bonds is 7. The van der Waals surface area contributed by atoms with Gasteiger partial charge in [-0.2, -0.15) is 4.31 Å². The summed E-state index contributed by atoms with van der Waals surface area (Å²) in [4.78, 5) is 13.2. The van der Waals surface area contributed by atoms with E-state index in [9.17, 15) is 13.2 Å². The van der Waals surface area contributed by atoms with E-state index in [-0.39, 0.29) is 30.6 Å². The molecule has 0 unspecified atom stereocenters. The fourth-order valence-corrected chi connectivity index (χ4v) is 5.37. The van der Waals surface area contributed by atoms with Crippen LogP contribution >= 0.6 is 0 Å². The van der Waals surface area contributed by atoms with Crippen molar-refractivity contribution >= 4 is 16.0 Å². The quantitative estimate of drug-likeness (QED) is 0.497. The zero-order chi connectivity index (χ0) is 21.8. The molecule has 7 heteroatoms.